The van der Waals surface area contributed by atoms with E-state index in [1.54, 1.807) is 4.90 Å². The van der Waals surface area contributed by atoms with Gasteiger partial charge in [-0.1, -0.05) is 38.1 Å². The minimum atomic E-state index is 0.163. The van der Waals surface area contributed by atoms with Crippen molar-refractivity contribution in [1.29, 1.82) is 0 Å². The van der Waals surface area contributed by atoms with Crippen molar-refractivity contribution in [2.75, 3.05) is 13.6 Å². The molecule has 0 radical (unpaired) electrons. The van der Waals surface area contributed by atoms with Crippen molar-refractivity contribution in [1.82, 2.24) is 4.90 Å². The molecular weight excluding hydrogens is 236 g/mol. The Balaban J connectivity index is 2.55. The number of carbonyl (C=O) groups is 1. The van der Waals surface area contributed by atoms with E-state index in [-0.39, 0.29) is 5.91 Å². The van der Waals surface area contributed by atoms with E-state index in [2.05, 4.69) is 38.1 Å². The summed E-state index contributed by atoms with van der Waals surface area (Å²) >= 11 is 0. The molecule has 0 fully saturated rings. The average molecular weight is 262 g/mol. The number of nitrogens with zero attached hydrogens (tertiary/aromatic N) is 1. The Kier molecular flexibility index (Phi) is 6.57. The van der Waals surface area contributed by atoms with E-state index >= 15 is 0 Å². The van der Waals surface area contributed by atoms with Gasteiger partial charge in [-0.2, -0.15) is 0 Å². The van der Waals surface area contributed by atoms with Crippen LogP contribution in [-0.2, 0) is 11.3 Å². The monoisotopic (exact) mass is 262 g/mol. The highest BCUT2D eigenvalue weighted by atomic mass is 16.2. The number of hydrogen-bond acceptors (Lipinski definition) is 2. The number of rotatable bonds is 7. The summed E-state index contributed by atoms with van der Waals surface area (Å²) in [4.78, 5) is 13.6. The zero-order valence-corrected chi connectivity index (χ0v) is 12.4. The summed E-state index contributed by atoms with van der Waals surface area (Å²) in [5.74, 6) is 0.759. The van der Waals surface area contributed by atoms with Crippen molar-refractivity contribution < 1.29 is 4.79 Å². The Morgan fingerprint density at radius 2 is 1.95 bits per heavy atom. The largest absolute Gasteiger partial charge is 0.341 e. The molecule has 106 valence electrons. The summed E-state index contributed by atoms with van der Waals surface area (Å²) in [5, 5.41) is 0. The second-order valence-corrected chi connectivity index (χ2v) is 5.19. The molecule has 0 saturated heterocycles. The fourth-order valence-corrected chi connectivity index (χ4v) is 1.99. The molecule has 1 atom stereocenters. The highest BCUT2D eigenvalue weighted by Crippen LogP contribution is 2.19. The number of amides is 1. The second-order valence-electron chi connectivity index (χ2n) is 5.19. The highest BCUT2D eigenvalue weighted by Gasteiger charge is 2.09. The van der Waals surface area contributed by atoms with Crippen LogP contribution in [0.3, 0.4) is 0 Å². The molecule has 0 saturated carbocycles. The van der Waals surface area contributed by atoms with Crippen LogP contribution in [-0.4, -0.2) is 24.4 Å². The number of nitrogens with two attached hydrogens (primary N) is 1. The van der Waals surface area contributed by atoms with Crippen LogP contribution in [0.15, 0.2) is 24.3 Å². The lowest BCUT2D eigenvalue weighted by Gasteiger charge is -2.18. The van der Waals surface area contributed by atoms with Gasteiger partial charge in [-0.25, -0.2) is 0 Å². The van der Waals surface area contributed by atoms with Gasteiger partial charge in [-0.15, -0.1) is 0 Å². The molecule has 3 heteroatoms. The summed E-state index contributed by atoms with van der Waals surface area (Å²) < 4.78 is 0. The topological polar surface area (TPSA) is 46.3 Å². The summed E-state index contributed by atoms with van der Waals surface area (Å²) in [6.07, 6.45) is 2.45. The molecule has 0 aromatic heterocycles. The zero-order valence-electron chi connectivity index (χ0n) is 12.4. The smallest absolute Gasteiger partial charge is 0.222 e. The molecule has 1 aromatic rings. The third-order valence-corrected chi connectivity index (χ3v) is 3.60. The SMILES string of the molecule is CCC(C)c1ccc(CN(C)C(=O)CCCN)cc1. The predicted molar refractivity (Wildman–Crippen MR) is 79.9 cm³/mol. The number of hydrogen-bond donors (Lipinski definition) is 1. The Bertz CT molecular complexity index is 386. The van der Waals surface area contributed by atoms with Gasteiger partial charge in [-0.05, 0) is 36.4 Å². The molecule has 0 heterocycles. The Hall–Kier alpha value is -1.35. The van der Waals surface area contributed by atoms with Crippen LogP contribution >= 0.6 is 0 Å². The highest BCUT2D eigenvalue weighted by molar-refractivity contribution is 5.75. The maximum atomic E-state index is 11.8. The minimum Gasteiger partial charge on any atom is -0.341 e. The van der Waals surface area contributed by atoms with Crippen molar-refractivity contribution >= 4 is 5.91 Å². The van der Waals surface area contributed by atoms with Crippen molar-refractivity contribution in [3.05, 3.63) is 35.4 Å². The van der Waals surface area contributed by atoms with E-state index in [0.29, 0.717) is 25.4 Å². The van der Waals surface area contributed by atoms with E-state index in [1.165, 1.54) is 11.1 Å². The minimum absolute atomic E-state index is 0.163. The summed E-state index contributed by atoms with van der Waals surface area (Å²) in [7, 11) is 1.85. The second kappa shape index (κ2) is 7.95. The van der Waals surface area contributed by atoms with Gasteiger partial charge in [0.05, 0.1) is 0 Å². The maximum Gasteiger partial charge on any atom is 0.222 e. The predicted octanol–water partition coefficient (Wildman–Crippen LogP) is 2.90. The first-order valence-corrected chi connectivity index (χ1v) is 7.11. The lowest BCUT2D eigenvalue weighted by molar-refractivity contribution is -0.130. The molecule has 0 aliphatic heterocycles. The van der Waals surface area contributed by atoms with Crippen molar-refractivity contribution in [3.63, 3.8) is 0 Å². The Morgan fingerprint density at radius 3 is 2.47 bits per heavy atom. The molecule has 0 aliphatic carbocycles. The fraction of sp³-hybridized carbons (Fsp3) is 0.562. The van der Waals surface area contributed by atoms with E-state index in [1.807, 2.05) is 7.05 Å². The van der Waals surface area contributed by atoms with E-state index in [9.17, 15) is 4.79 Å². The molecule has 2 N–H and O–H groups in total. The van der Waals surface area contributed by atoms with Crippen molar-refractivity contribution in [2.45, 2.75) is 45.6 Å². The molecule has 0 bridgehead atoms. The van der Waals surface area contributed by atoms with E-state index in [4.69, 9.17) is 5.73 Å². The maximum absolute atomic E-state index is 11.8. The van der Waals surface area contributed by atoms with Crippen LogP contribution < -0.4 is 5.73 Å². The van der Waals surface area contributed by atoms with E-state index in [0.717, 1.165) is 12.8 Å². The molecule has 1 aromatic carbocycles. The molecule has 1 unspecified atom stereocenters. The van der Waals surface area contributed by atoms with E-state index < -0.39 is 0 Å². The van der Waals surface area contributed by atoms with Gasteiger partial charge < -0.3 is 10.6 Å². The van der Waals surface area contributed by atoms with Gasteiger partial charge in [0.2, 0.25) is 5.91 Å². The molecular formula is C16H26N2O. The van der Waals surface area contributed by atoms with Crippen molar-refractivity contribution in [2.24, 2.45) is 5.73 Å². The summed E-state index contributed by atoms with van der Waals surface area (Å²) in [6.45, 7) is 5.67. The first-order chi connectivity index (χ1) is 9.08. The molecule has 1 rings (SSSR count). The normalized spacial score (nSPS) is 12.2. The third kappa shape index (κ3) is 5.03. The van der Waals surface area contributed by atoms with Crippen LogP contribution in [0, 0.1) is 0 Å². The van der Waals surface area contributed by atoms with Crippen LogP contribution in [0.5, 0.6) is 0 Å². The van der Waals surface area contributed by atoms with Gasteiger partial charge >= 0.3 is 0 Å². The average Bonchev–Trinajstić information content (AvgIpc) is 2.44. The molecule has 0 spiro atoms. The zero-order chi connectivity index (χ0) is 14.3. The number of carbonyl (C=O) groups excluding carboxylic acids is 1. The summed E-state index contributed by atoms with van der Waals surface area (Å²) in [5.41, 5.74) is 7.96. The lowest BCUT2D eigenvalue weighted by atomic mass is 9.97. The fourth-order valence-electron chi connectivity index (χ4n) is 1.99. The van der Waals surface area contributed by atoms with Crippen LogP contribution in [0.2, 0.25) is 0 Å². The van der Waals surface area contributed by atoms with Crippen LogP contribution in [0.25, 0.3) is 0 Å². The first-order valence-electron chi connectivity index (χ1n) is 7.11. The van der Waals surface area contributed by atoms with Crippen molar-refractivity contribution in [3.8, 4) is 0 Å². The van der Waals surface area contributed by atoms with Crippen LogP contribution in [0.1, 0.15) is 50.2 Å². The Morgan fingerprint density at radius 1 is 1.32 bits per heavy atom. The quantitative estimate of drug-likeness (QED) is 0.821. The van der Waals surface area contributed by atoms with Gasteiger partial charge in [0.1, 0.15) is 0 Å². The van der Waals surface area contributed by atoms with Gasteiger partial charge in [0.25, 0.3) is 0 Å². The first kappa shape index (κ1) is 15.7. The van der Waals surface area contributed by atoms with Gasteiger partial charge in [0, 0.05) is 20.0 Å². The third-order valence-electron chi connectivity index (χ3n) is 3.60. The molecule has 3 nitrogen and oxygen atoms in total. The van der Waals surface area contributed by atoms with Crippen LogP contribution in [0.4, 0.5) is 0 Å². The lowest BCUT2D eigenvalue weighted by Crippen LogP contribution is -2.26. The molecule has 1 amide bonds. The standard InChI is InChI=1S/C16H26N2O/c1-4-13(2)15-9-7-14(8-10-15)12-18(3)16(19)6-5-11-17/h7-10,13H,4-6,11-12,17H2,1-3H3. The van der Waals surface area contributed by atoms with Gasteiger partial charge in [0.15, 0.2) is 0 Å². The Labute approximate surface area is 116 Å². The molecule has 19 heavy (non-hydrogen) atoms. The molecule has 0 aliphatic rings. The van der Waals surface area contributed by atoms with Gasteiger partial charge in [-0.3, -0.25) is 4.79 Å². The summed E-state index contributed by atoms with van der Waals surface area (Å²) in [6, 6.07) is 8.58. The number of benzene rings is 1.